The van der Waals surface area contributed by atoms with Crippen LogP contribution >= 0.6 is 0 Å². The van der Waals surface area contributed by atoms with E-state index >= 15 is 0 Å². The number of aryl methyl sites for hydroxylation is 1. The molecule has 1 atom stereocenters. The molecule has 0 bridgehead atoms. The summed E-state index contributed by atoms with van der Waals surface area (Å²) in [7, 11) is 3.35. The van der Waals surface area contributed by atoms with Gasteiger partial charge in [0.05, 0.1) is 0 Å². The van der Waals surface area contributed by atoms with Crippen LogP contribution in [0, 0.1) is 6.92 Å². The third kappa shape index (κ3) is 6.52. The first kappa shape index (κ1) is 22.3. The van der Waals surface area contributed by atoms with Crippen LogP contribution in [0.2, 0.25) is 0 Å². The van der Waals surface area contributed by atoms with E-state index in [2.05, 4.69) is 19.2 Å². The lowest BCUT2D eigenvalue weighted by Crippen LogP contribution is -2.30. The van der Waals surface area contributed by atoms with Crippen molar-refractivity contribution < 1.29 is 19.1 Å². The van der Waals surface area contributed by atoms with E-state index in [1.54, 1.807) is 45.3 Å². The monoisotopic (exact) mass is 398 g/mol. The number of amides is 2. The second kappa shape index (κ2) is 9.96. The molecule has 156 valence electrons. The van der Waals surface area contributed by atoms with E-state index in [-0.39, 0.29) is 18.4 Å². The van der Waals surface area contributed by atoms with E-state index < -0.39 is 6.10 Å². The Labute approximate surface area is 172 Å². The second-order valence-electron chi connectivity index (χ2n) is 7.52. The van der Waals surface area contributed by atoms with Crippen LogP contribution in [-0.2, 0) is 9.59 Å². The summed E-state index contributed by atoms with van der Waals surface area (Å²) in [5.41, 5.74) is 3.04. The molecule has 6 heteroatoms. The van der Waals surface area contributed by atoms with Crippen molar-refractivity contribution in [1.82, 2.24) is 4.90 Å². The maximum Gasteiger partial charge on any atom is 0.265 e. The number of hydrogen-bond acceptors (Lipinski definition) is 4. The lowest BCUT2D eigenvalue weighted by atomic mass is 9.98. The lowest BCUT2D eigenvalue weighted by Gasteiger charge is -2.17. The Hall–Kier alpha value is -3.02. The van der Waals surface area contributed by atoms with Gasteiger partial charge in [-0.1, -0.05) is 19.9 Å². The van der Waals surface area contributed by atoms with Gasteiger partial charge in [-0.2, -0.15) is 0 Å². The van der Waals surface area contributed by atoms with E-state index in [4.69, 9.17) is 9.47 Å². The number of carbonyl (C=O) groups is 2. The highest BCUT2D eigenvalue weighted by atomic mass is 16.5. The van der Waals surface area contributed by atoms with Crippen molar-refractivity contribution in [3.05, 3.63) is 53.6 Å². The standard InChI is InChI=1S/C23H30N2O4/c1-15(2)21-12-11-20(13-16(21)3)29-17(4)23(27)24-18-7-9-19(10-8-18)28-14-22(26)25(5)6/h7-13,15,17H,14H2,1-6H3,(H,24,27)/t17-/m1/s1. The fraction of sp³-hybridized carbons (Fsp3) is 0.391. The molecule has 2 aromatic rings. The Kier molecular flexibility index (Phi) is 7.65. The number of anilines is 1. The lowest BCUT2D eigenvalue weighted by molar-refractivity contribution is -0.130. The molecule has 6 nitrogen and oxygen atoms in total. The first-order valence-electron chi connectivity index (χ1n) is 9.68. The highest BCUT2D eigenvalue weighted by molar-refractivity contribution is 5.94. The SMILES string of the molecule is Cc1cc(O[C@H](C)C(=O)Nc2ccc(OCC(=O)N(C)C)cc2)ccc1C(C)C. The van der Waals surface area contributed by atoms with E-state index in [1.807, 2.05) is 25.1 Å². The Morgan fingerprint density at radius 1 is 1.00 bits per heavy atom. The smallest absolute Gasteiger partial charge is 0.265 e. The molecule has 0 heterocycles. The zero-order chi connectivity index (χ0) is 21.6. The van der Waals surface area contributed by atoms with Crippen LogP contribution < -0.4 is 14.8 Å². The Bertz CT molecular complexity index is 844. The minimum absolute atomic E-state index is 0.0292. The Morgan fingerprint density at radius 2 is 1.62 bits per heavy atom. The highest BCUT2D eigenvalue weighted by Crippen LogP contribution is 2.24. The summed E-state index contributed by atoms with van der Waals surface area (Å²) < 4.78 is 11.2. The highest BCUT2D eigenvalue weighted by Gasteiger charge is 2.16. The summed E-state index contributed by atoms with van der Waals surface area (Å²) in [5, 5.41) is 2.82. The van der Waals surface area contributed by atoms with Gasteiger partial charge < -0.3 is 19.7 Å². The van der Waals surface area contributed by atoms with Gasteiger partial charge in [0.15, 0.2) is 12.7 Å². The molecule has 0 spiro atoms. The zero-order valence-electron chi connectivity index (χ0n) is 18.0. The maximum absolute atomic E-state index is 12.4. The van der Waals surface area contributed by atoms with Crippen molar-refractivity contribution in [2.24, 2.45) is 0 Å². The number of carbonyl (C=O) groups excluding carboxylic acids is 2. The van der Waals surface area contributed by atoms with Gasteiger partial charge in [-0.3, -0.25) is 9.59 Å². The topological polar surface area (TPSA) is 67.9 Å². The van der Waals surface area contributed by atoms with Crippen molar-refractivity contribution in [2.45, 2.75) is 39.7 Å². The molecule has 2 rings (SSSR count). The normalized spacial score (nSPS) is 11.7. The van der Waals surface area contributed by atoms with Crippen molar-refractivity contribution in [1.29, 1.82) is 0 Å². The predicted octanol–water partition coefficient (Wildman–Crippen LogP) is 3.99. The molecule has 0 saturated carbocycles. The number of likely N-dealkylation sites (N-methyl/N-ethyl adjacent to an activating group) is 1. The molecule has 0 radical (unpaired) electrons. The van der Waals surface area contributed by atoms with Gasteiger partial charge in [-0.05, 0) is 67.3 Å². The van der Waals surface area contributed by atoms with Gasteiger partial charge in [0.2, 0.25) is 0 Å². The average Bonchev–Trinajstić information content (AvgIpc) is 2.66. The maximum atomic E-state index is 12.4. The molecule has 0 saturated heterocycles. The molecule has 0 aliphatic heterocycles. The molecule has 0 aliphatic rings. The number of nitrogens with one attached hydrogen (secondary N) is 1. The Balaban J connectivity index is 1.90. The second-order valence-corrected chi connectivity index (χ2v) is 7.52. The van der Waals surface area contributed by atoms with Gasteiger partial charge in [0.1, 0.15) is 11.5 Å². The van der Waals surface area contributed by atoms with Crippen molar-refractivity contribution in [2.75, 3.05) is 26.0 Å². The van der Waals surface area contributed by atoms with Gasteiger partial charge in [-0.25, -0.2) is 0 Å². The molecule has 2 aromatic carbocycles. The van der Waals surface area contributed by atoms with Gasteiger partial charge in [0, 0.05) is 19.8 Å². The average molecular weight is 399 g/mol. The van der Waals surface area contributed by atoms with Gasteiger partial charge in [-0.15, -0.1) is 0 Å². The van der Waals surface area contributed by atoms with E-state index in [0.29, 0.717) is 23.1 Å². The van der Waals surface area contributed by atoms with Crippen LogP contribution in [0.4, 0.5) is 5.69 Å². The minimum atomic E-state index is -0.645. The fourth-order valence-corrected chi connectivity index (χ4v) is 2.78. The summed E-state index contributed by atoms with van der Waals surface area (Å²) in [6.07, 6.45) is -0.645. The first-order valence-corrected chi connectivity index (χ1v) is 9.68. The van der Waals surface area contributed by atoms with E-state index in [0.717, 1.165) is 5.56 Å². The van der Waals surface area contributed by atoms with Crippen LogP contribution in [-0.4, -0.2) is 43.5 Å². The molecular weight excluding hydrogens is 368 g/mol. The van der Waals surface area contributed by atoms with Crippen LogP contribution in [0.15, 0.2) is 42.5 Å². The third-order valence-electron chi connectivity index (χ3n) is 4.53. The Morgan fingerprint density at radius 3 is 2.17 bits per heavy atom. The van der Waals surface area contributed by atoms with Crippen LogP contribution in [0.1, 0.15) is 37.8 Å². The predicted molar refractivity (Wildman–Crippen MR) is 115 cm³/mol. The molecule has 29 heavy (non-hydrogen) atoms. The quantitative estimate of drug-likeness (QED) is 0.730. The minimum Gasteiger partial charge on any atom is -0.484 e. The molecule has 0 aliphatic carbocycles. The van der Waals surface area contributed by atoms with Gasteiger partial charge >= 0.3 is 0 Å². The van der Waals surface area contributed by atoms with Crippen molar-refractivity contribution >= 4 is 17.5 Å². The number of rotatable bonds is 8. The summed E-state index contributed by atoms with van der Waals surface area (Å²) >= 11 is 0. The molecule has 2 amide bonds. The molecular formula is C23H30N2O4. The number of benzene rings is 2. The summed E-state index contributed by atoms with van der Waals surface area (Å²) in [6, 6.07) is 12.8. The van der Waals surface area contributed by atoms with Crippen LogP contribution in [0.3, 0.4) is 0 Å². The number of ether oxygens (including phenoxy) is 2. The van der Waals surface area contributed by atoms with Gasteiger partial charge in [0.25, 0.3) is 11.8 Å². The molecule has 1 N–H and O–H groups in total. The summed E-state index contributed by atoms with van der Waals surface area (Å²) in [5.74, 6) is 1.31. The van der Waals surface area contributed by atoms with E-state index in [1.165, 1.54) is 10.5 Å². The first-order chi connectivity index (χ1) is 13.7. The number of hydrogen-bond donors (Lipinski definition) is 1. The largest absolute Gasteiger partial charge is 0.484 e. The zero-order valence-corrected chi connectivity index (χ0v) is 18.0. The fourth-order valence-electron chi connectivity index (χ4n) is 2.78. The summed E-state index contributed by atoms with van der Waals surface area (Å²) in [6.45, 7) is 8.03. The van der Waals surface area contributed by atoms with E-state index in [9.17, 15) is 9.59 Å². The molecule has 0 unspecified atom stereocenters. The number of nitrogens with zero attached hydrogens (tertiary/aromatic N) is 1. The van der Waals surface area contributed by atoms with Crippen LogP contribution in [0.5, 0.6) is 11.5 Å². The van der Waals surface area contributed by atoms with Crippen LogP contribution in [0.25, 0.3) is 0 Å². The molecule has 0 fully saturated rings. The van der Waals surface area contributed by atoms with Crippen molar-refractivity contribution in [3.8, 4) is 11.5 Å². The summed E-state index contributed by atoms with van der Waals surface area (Å²) in [4.78, 5) is 25.5. The third-order valence-corrected chi connectivity index (χ3v) is 4.53. The van der Waals surface area contributed by atoms with Crippen molar-refractivity contribution in [3.63, 3.8) is 0 Å². The molecule has 0 aromatic heterocycles.